The van der Waals surface area contributed by atoms with Crippen LogP contribution in [0.4, 0.5) is 25.8 Å². The SMILES string of the molecule is COC(=O)c1cc(SCc2ccc(OC)cc2)c(N)c(F)c1Nc1ccccc1F. The fourth-order valence-electron chi connectivity index (χ4n) is 2.73. The Bertz CT molecular complexity index is 1060. The minimum atomic E-state index is -0.849. The number of hydrogen-bond acceptors (Lipinski definition) is 6. The van der Waals surface area contributed by atoms with Gasteiger partial charge in [-0.15, -0.1) is 11.8 Å². The summed E-state index contributed by atoms with van der Waals surface area (Å²) in [5, 5.41) is 2.62. The summed E-state index contributed by atoms with van der Waals surface area (Å²) in [4.78, 5) is 12.7. The molecule has 3 aromatic rings. The quantitative estimate of drug-likeness (QED) is 0.298. The second-order valence-electron chi connectivity index (χ2n) is 6.26. The first kappa shape index (κ1) is 21.4. The van der Waals surface area contributed by atoms with Crippen molar-refractivity contribution in [3.63, 3.8) is 0 Å². The van der Waals surface area contributed by atoms with E-state index in [9.17, 15) is 9.18 Å². The van der Waals surface area contributed by atoms with Gasteiger partial charge in [0, 0.05) is 10.6 Å². The maximum atomic E-state index is 15.1. The fourth-order valence-corrected chi connectivity index (χ4v) is 3.70. The largest absolute Gasteiger partial charge is 0.497 e. The Kier molecular flexibility index (Phi) is 6.79. The van der Waals surface area contributed by atoms with E-state index in [0.717, 1.165) is 11.3 Å². The molecule has 0 saturated heterocycles. The number of methoxy groups -OCH3 is 2. The molecule has 0 fully saturated rings. The van der Waals surface area contributed by atoms with Crippen LogP contribution in [0.2, 0.25) is 0 Å². The van der Waals surface area contributed by atoms with Crippen LogP contribution in [0.1, 0.15) is 15.9 Å². The van der Waals surface area contributed by atoms with Crippen molar-refractivity contribution in [3.8, 4) is 5.75 Å². The highest BCUT2D eigenvalue weighted by atomic mass is 32.2. The minimum absolute atomic E-state index is 0.0135. The summed E-state index contributed by atoms with van der Waals surface area (Å²) < 4.78 is 39.0. The monoisotopic (exact) mass is 430 g/mol. The summed E-state index contributed by atoms with van der Waals surface area (Å²) >= 11 is 1.27. The molecule has 30 heavy (non-hydrogen) atoms. The van der Waals surface area contributed by atoms with Crippen molar-refractivity contribution in [2.75, 3.05) is 25.3 Å². The van der Waals surface area contributed by atoms with Gasteiger partial charge in [0.15, 0.2) is 5.82 Å². The minimum Gasteiger partial charge on any atom is -0.497 e. The molecule has 0 saturated carbocycles. The summed E-state index contributed by atoms with van der Waals surface area (Å²) in [5.41, 5.74) is 6.52. The number of carbonyl (C=O) groups excluding carboxylic acids is 1. The smallest absolute Gasteiger partial charge is 0.340 e. The number of nitrogens with two attached hydrogens (primary N) is 1. The van der Waals surface area contributed by atoms with Gasteiger partial charge >= 0.3 is 5.97 Å². The van der Waals surface area contributed by atoms with E-state index in [2.05, 4.69) is 5.32 Å². The Morgan fingerprint density at radius 2 is 1.80 bits per heavy atom. The van der Waals surface area contributed by atoms with Gasteiger partial charge in [-0.2, -0.15) is 0 Å². The van der Waals surface area contributed by atoms with E-state index >= 15 is 4.39 Å². The van der Waals surface area contributed by atoms with Crippen LogP contribution in [-0.4, -0.2) is 20.2 Å². The summed E-state index contributed by atoms with van der Waals surface area (Å²) in [7, 11) is 2.77. The molecule has 3 rings (SSSR count). The Morgan fingerprint density at radius 3 is 2.43 bits per heavy atom. The van der Waals surface area contributed by atoms with E-state index in [1.54, 1.807) is 13.2 Å². The zero-order chi connectivity index (χ0) is 21.7. The number of rotatable bonds is 7. The summed E-state index contributed by atoms with van der Waals surface area (Å²) in [5.74, 6) is -0.985. The second-order valence-corrected chi connectivity index (χ2v) is 7.28. The molecule has 0 aromatic heterocycles. The Labute approximate surface area is 177 Å². The highest BCUT2D eigenvalue weighted by Gasteiger charge is 2.23. The molecule has 0 heterocycles. The highest BCUT2D eigenvalue weighted by Crippen LogP contribution is 2.38. The summed E-state index contributed by atoms with van der Waals surface area (Å²) in [6.45, 7) is 0. The molecular weight excluding hydrogens is 410 g/mol. The molecule has 3 N–H and O–H groups in total. The highest BCUT2D eigenvalue weighted by molar-refractivity contribution is 7.98. The van der Waals surface area contributed by atoms with Crippen LogP contribution in [0.3, 0.4) is 0 Å². The van der Waals surface area contributed by atoms with Crippen molar-refractivity contribution in [3.05, 3.63) is 77.4 Å². The third kappa shape index (κ3) is 4.65. The van der Waals surface area contributed by atoms with E-state index in [4.69, 9.17) is 15.2 Å². The molecule has 0 amide bonds. The van der Waals surface area contributed by atoms with Crippen LogP contribution in [0.5, 0.6) is 5.75 Å². The van der Waals surface area contributed by atoms with Gasteiger partial charge in [-0.25, -0.2) is 13.6 Å². The lowest BCUT2D eigenvalue weighted by molar-refractivity contribution is 0.0601. The maximum absolute atomic E-state index is 15.1. The Morgan fingerprint density at radius 1 is 1.10 bits per heavy atom. The number of benzene rings is 3. The number of anilines is 3. The number of esters is 1. The van der Waals surface area contributed by atoms with Crippen molar-refractivity contribution < 1.29 is 23.0 Å². The lowest BCUT2D eigenvalue weighted by Gasteiger charge is -2.16. The topological polar surface area (TPSA) is 73.6 Å². The molecule has 0 spiro atoms. The van der Waals surface area contributed by atoms with E-state index in [1.165, 1.54) is 43.1 Å². The molecule has 0 bridgehead atoms. The number of thioether (sulfide) groups is 1. The van der Waals surface area contributed by atoms with Gasteiger partial charge in [0.05, 0.1) is 36.8 Å². The zero-order valence-electron chi connectivity index (χ0n) is 16.4. The van der Waals surface area contributed by atoms with Crippen LogP contribution < -0.4 is 15.8 Å². The van der Waals surface area contributed by atoms with Crippen LogP contribution in [-0.2, 0) is 10.5 Å². The molecule has 0 aliphatic heterocycles. The molecule has 0 aliphatic carbocycles. The first-order valence-corrected chi connectivity index (χ1v) is 9.90. The molecule has 0 aliphatic rings. The Hall–Kier alpha value is -3.26. The predicted molar refractivity (Wildman–Crippen MR) is 114 cm³/mol. The molecule has 5 nitrogen and oxygen atoms in total. The van der Waals surface area contributed by atoms with Gasteiger partial charge in [-0.1, -0.05) is 24.3 Å². The number of para-hydroxylation sites is 1. The van der Waals surface area contributed by atoms with E-state index in [-0.39, 0.29) is 22.6 Å². The van der Waals surface area contributed by atoms with Crippen LogP contribution in [0.25, 0.3) is 0 Å². The van der Waals surface area contributed by atoms with E-state index in [1.807, 2.05) is 24.3 Å². The zero-order valence-corrected chi connectivity index (χ0v) is 17.2. The predicted octanol–water partition coefficient (Wildman–Crippen LogP) is 5.38. The van der Waals surface area contributed by atoms with Gasteiger partial charge in [0.1, 0.15) is 11.6 Å². The van der Waals surface area contributed by atoms with Crippen molar-refractivity contribution in [1.82, 2.24) is 0 Å². The fraction of sp³-hybridized carbons (Fsp3) is 0.136. The summed E-state index contributed by atoms with van der Waals surface area (Å²) in [6.07, 6.45) is 0. The normalized spacial score (nSPS) is 10.5. The van der Waals surface area contributed by atoms with Crippen LogP contribution >= 0.6 is 11.8 Å². The van der Waals surface area contributed by atoms with Crippen molar-refractivity contribution in [1.29, 1.82) is 0 Å². The van der Waals surface area contributed by atoms with Crippen molar-refractivity contribution in [2.45, 2.75) is 10.6 Å². The van der Waals surface area contributed by atoms with Gasteiger partial charge in [-0.05, 0) is 35.9 Å². The number of halogens is 2. The molecular formula is C22H20F2N2O3S. The number of carbonyl (C=O) groups is 1. The second kappa shape index (κ2) is 9.49. The van der Waals surface area contributed by atoms with Gasteiger partial charge in [-0.3, -0.25) is 0 Å². The molecule has 156 valence electrons. The lowest BCUT2D eigenvalue weighted by Crippen LogP contribution is -2.11. The average Bonchev–Trinajstić information content (AvgIpc) is 2.77. The van der Waals surface area contributed by atoms with Crippen LogP contribution in [0.15, 0.2) is 59.5 Å². The average molecular weight is 430 g/mol. The molecule has 0 atom stereocenters. The van der Waals surface area contributed by atoms with Crippen LogP contribution in [0, 0.1) is 11.6 Å². The molecule has 0 radical (unpaired) electrons. The van der Waals surface area contributed by atoms with Crippen molar-refractivity contribution >= 4 is 34.8 Å². The third-order valence-corrected chi connectivity index (χ3v) is 5.48. The van der Waals surface area contributed by atoms with Gasteiger partial charge in [0.25, 0.3) is 0 Å². The van der Waals surface area contributed by atoms with Gasteiger partial charge in [0.2, 0.25) is 0 Å². The van der Waals surface area contributed by atoms with E-state index in [0.29, 0.717) is 10.6 Å². The number of nitrogen functional groups attached to an aromatic ring is 1. The Balaban J connectivity index is 1.94. The van der Waals surface area contributed by atoms with E-state index < -0.39 is 17.6 Å². The van der Waals surface area contributed by atoms with Gasteiger partial charge < -0.3 is 20.5 Å². The third-order valence-electron chi connectivity index (χ3n) is 4.36. The van der Waals surface area contributed by atoms with Crippen molar-refractivity contribution in [2.24, 2.45) is 0 Å². The summed E-state index contributed by atoms with van der Waals surface area (Å²) in [6, 6.07) is 14.6. The lowest BCUT2D eigenvalue weighted by atomic mass is 10.1. The first-order chi connectivity index (χ1) is 14.4. The standard InChI is InChI=1S/C22H20F2N2O3S/c1-28-14-9-7-13(8-10-14)12-30-18-11-15(22(27)29-2)21(19(24)20(18)25)26-17-6-4-3-5-16(17)23/h3-11,26H,12,25H2,1-2H3. The molecule has 8 heteroatoms. The number of ether oxygens (including phenoxy) is 2. The number of nitrogens with one attached hydrogen (secondary N) is 1. The molecule has 3 aromatic carbocycles. The number of hydrogen-bond donors (Lipinski definition) is 2. The maximum Gasteiger partial charge on any atom is 0.340 e. The first-order valence-electron chi connectivity index (χ1n) is 8.92. The molecule has 0 unspecified atom stereocenters.